The van der Waals surface area contributed by atoms with Crippen LogP contribution in [0.1, 0.15) is 21.6 Å². The molecule has 3 aromatic rings. The molecule has 3 N–H and O–H groups in total. The Bertz CT molecular complexity index is 735. The molecule has 2 aromatic heterocycles. The van der Waals surface area contributed by atoms with E-state index in [0.717, 1.165) is 32.1 Å². The van der Waals surface area contributed by atoms with Gasteiger partial charge in [-0.25, -0.2) is 9.37 Å². The molecule has 0 aliphatic rings. The number of fused-ring (bicyclic) bond motifs is 1. The molecular weight excluding hydrogens is 293 g/mol. The molecule has 0 radical (unpaired) electrons. The molecule has 0 bridgehead atoms. The molecule has 0 aliphatic heterocycles. The Hall–Kier alpha value is -1.34. The molecule has 1 unspecified atom stereocenters. The number of rotatable bonds is 4. The van der Waals surface area contributed by atoms with Crippen LogP contribution in [-0.2, 0) is 6.42 Å². The molecule has 2 heterocycles. The molecule has 0 saturated heterocycles. The van der Waals surface area contributed by atoms with Crippen LogP contribution in [0.2, 0.25) is 0 Å². The van der Waals surface area contributed by atoms with Gasteiger partial charge in [-0.2, -0.15) is 0 Å². The number of hydrogen-bond acceptors (Lipinski definition) is 5. The van der Waals surface area contributed by atoms with Crippen LogP contribution in [0, 0.1) is 12.7 Å². The van der Waals surface area contributed by atoms with Gasteiger partial charge in [-0.1, -0.05) is 0 Å². The second kappa shape index (κ2) is 5.57. The van der Waals surface area contributed by atoms with Gasteiger partial charge < -0.3 is 0 Å². The molecule has 1 aromatic carbocycles. The second-order valence-electron chi connectivity index (χ2n) is 4.61. The summed E-state index contributed by atoms with van der Waals surface area (Å²) < 4.78 is 14.3. The van der Waals surface area contributed by atoms with E-state index >= 15 is 0 Å². The number of thiazole rings is 1. The highest BCUT2D eigenvalue weighted by atomic mass is 32.1. The fourth-order valence-corrected chi connectivity index (χ4v) is 3.89. The number of nitrogens with two attached hydrogens (primary N) is 1. The highest BCUT2D eigenvalue weighted by Crippen LogP contribution is 2.31. The van der Waals surface area contributed by atoms with E-state index in [1.165, 1.54) is 6.07 Å². The first-order chi connectivity index (χ1) is 9.65. The lowest BCUT2D eigenvalue weighted by atomic mass is 10.1. The van der Waals surface area contributed by atoms with Gasteiger partial charge >= 0.3 is 0 Å². The molecule has 0 fully saturated rings. The van der Waals surface area contributed by atoms with Gasteiger partial charge in [0.15, 0.2) is 0 Å². The minimum absolute atomic E-state index is 0.00281. The number of aromatic nitrogens is 1. The van der Waals surface area contributed by atoms with Crippen LogP contribution in [0.5, 0.6) is 0 Å². The van der Waals surface area contributed by atoms with Crippen molar-refractivity contribution in [3.05, 3.63) is 51.0 Å². The van der Waals surface area contributed by atoms with Crippen molar-refractivity contribution in [2.24, 2.45) is 5.84 Å². The maximum atomic E-state index is 13.2. The first-order valence-corrected chi connectivity index (χ1v) is 7.91. The molecule has 1 atom stereocenters. The number of halogens is 1. The third-order valence-electron chi connectivity index (χ3n) is 3.12. The normalized spacial score (nSPS) is 12.9. The van der Waals surface area contributed by atoms with Crippen molar-refractivity contribution in [2.75, 3.05) is 0 Å². The van der Waals surface area contributed by atoms with Crippen LogP contribution in [0.15, 0.2) is 29.6 Å². The van der Waals surface area contributed by atoms with Crippen molar-refractivity contribution in [1.29, 1.82) is 0 Å². The lowest BCUT2D eigenvalue weighted by molar-refractivity contribution is 0.555. The van der Waals surface area contributed by atoms with E-state index in [1.54, 1.807) is 34.8 Å². The molecule has 0 spiro atoms. The fraction of sp³-hybridized carbons (Fsp3) is 0.214. The quantitative estimate of drug-likeness (QED) is 0.572. The molecule has 0 aliphatic carbocycles. The van der Waals surface area contributed by atoms with E-state index in [0.29, 0.717) is 0 Å². The SMILES string of the molecule is Cc1nc(CC(NN)c2cc3cc(F)ccc3s2)cs1. The molecule has 3 nitrogen and oxygen atoms in total. The summed E-state index contributed by atoms with van der Waals surface area (Å²) in [5.74, 6) is 5.46. The van der Waals surface area contributed by atoms with Gasteiger partial charge in [0.2, 0.25) is 0 Å². The number of nitrogens with one attached hydrogen (secondary N) is 1. The van der Waals surface area contributed by atoms with Crippen LogP contribution in [-0.4, -0.2) is 4.98 Å². The second-order valence-corrected chi connectivity index (χ2v) is 6.79. The van der Waals surface area contributed by atoms with E-state index in [2.05, 4.69) is 10.4 Å². The van der Waals surface area contributed by atoms with Crippen LogP contribution in [0.4, 0.5) is 4.39 Å². The van der Waals surface area contributed by atoms with Crippen molar-refractivity contribution >= 4 is 32.8 Å². The summed E-state index contributed by atoms with van der Waals surface area (Å²) in [6, 6.07) is 6.83. The standard InChI is InChI=1S/C14H14FN3S2/c1-8-17-11(7-19-8)6-12(18-16)14-5-9-4-10(15)2-3-13(9)20-14/h2-5,7,12,18H,6,16H2,1H3. The van der Waals surface area contributed by atoms with Crippen LogP contribution < -0.4 is 11.3 Å². The number of hydrazine groups is 1. The third-order valence-corrected chi connectivity index (χ3v) is 5.17. The Morgan fingerprint density at radius 2 is 2.25 bits per heavy atom. The maximum Gasteiger partial charge on any atom is 0.123 e. The highest BCUT2D eigenvalue weighted by molar-refractivity contribution is 7.19. The largest absolute Gasteiger partial charge is 0.271 e. The molecule has 0 amide bonds. The molecule has 0 saturated carbocycles. The lowest BCUT2D eigenvalue weighted by Gasteiger charge is -2.12. The Balaban J connectivity index is 1.90. The smallest absolute Gasteiger partial charge is 0.123 e. The lowest BCUT2D eigenvalue weighted by Crippen LogP contribution is -2.29. The van der Waals surface area contributed by atoms with Crippen molar-refractivity contribution < 1.29 is 4.39 Å². The molecule has 20 heavy (non-hydrogen) atoms. The fourth-order valence-electron chi connectivity index (χ4n) is 2.16. The molecule has 3 rings (SSSR count). The van der Waals surface area contributed by atoms with Gasteiger partial charge in [0, 0.05) is 21.4 Å². The van der Waals surface area contributed by atoms with E-state index in [4.69, 9.17) is 5.84 Å². The summed E-state index contributed by atoms with van der Waals surface area (Å²) in [4.78, 5) is 5.56. The first kappa shape index (κ1) is 13.6. The summed E-state index contributed by atoms with van der Waals surface area (Å²) in [6.07, 6.45) is 0.732. The average molecular weight is 307 g/mol. The number of nitrogens with zero attached hydrogens (tertiary/aromatic N) is 1. The van der Waals surface area contributed by atoms with Crippen LogP contribution >= 0.6 is 22.7 Å². The predicted molar refractivity (Wildman–Crippen MR) is 82.4 cm³/mol. The first-order valence-electron chi connectivity index (χ1n) is 6.22. The van der Waals surface area contributed by atoms with Gasteiger partial charge in [-0.3, -0.25) is 11.3 Å². The van der Waals surface area contributed by atoms with Crippen LogP contribution in [0.25, 0.3) is 10.1 Å². The van der Waals surface area contributed by atoms with E-state index in [-0.39, 0.29) is 11.9 Å². The molecular formula is C14H14FN3S2. The van der Waals surface area contributed by atoms with Crippen molar-refractivity contribution in [3.63, 3.8) is 0 Å². The van der Waals surface area contributed by atoms with Gasteiger partial charge in [0.1, 0.15) is 5.82 Å². The number of benzene rings is 1. The van der Waals surface area contributed by atoms with E-state index in [1.807, 2.05) is 18.4 Å². The van der Waals surface area contributed by atoms with Gasteiger partial charge in [0.25, 0.3) is 0 Å². The highest BCUT2D eigenvalue weighted by Gasteiger charge is 2.15. The van der Waals surface area contributed by atoms with Crippen molar-refractivity contribution in [2.45, 2.75) is 19.4 Å². The molecule has 6 heteroatoms. The molecule has 104 valence electrons. The minimum Gasteiger partial charge on any atom is -0.271 e. The maximum absolute atomic E-state index is 13.2. The van der Waals surface area contributed by atoms with Gasteiger partial charge in [0.05, 0.1) is 16.7 Å². The minimum atomic E-state index is -0.214. The van der Waals surface area contributed by atoms with Crippen molar-refractivity contribution in [3.8, 4) is 0 Å². The third kappa shape index (κ3) is 2.73. The summed E-state index contributed by atoms with van der Waals surface area (Å²) in [5.41, 5.74) is 3.86. The average Bonchev–Trinajstić information content (AvgIpc) is 3.01. The summed E-state index contributed by atoms with van der Waals surface area (Å²) >= 11 is 3.26. The van der Waals surface area contributed by atoms with Gasteiger partial charge in [-0.15, -0.1) is 22.7 Å². The Morgan fingerprint density at radius 3 is 2.95 bits per heavy atom. The zero-order valence-corrected chi connectivity index (χ0v) is 12.5. The Morgan fingerprint density at radius 1 is 1.40 bits per heavy atom. The Labute approximate surface area is 124 Å². The monoisotopic (exact) mass is 307 g/mol. The number of hydrogen-bond donors (Lipinski definition) is 2. The summed E-state index contributed by atoms with van der Waals surface area (Å²) in [6.45, 7) is 1.99. The Kier molecular flexibility index (Phi) is 3.80. The van der Waals surface area contributed by atoms with E-state index in [9.17, 15) is 4.39 Å². The predicted octanol–water partition coefficient (Wildman–Crippen LogP) is 3.55. The summed E-state index contributed by atoms with van der Waals surface area (Å²) in [5, 5.41) is 4.01. The van der Waals surface area contributed by atoms with E-state index < -0.39 is 0 Å². The summed E-state index contributed by atoms with van der Waals surface area (Å²) in [7, 11) is 0. The number of aryl methyl sites for hydroxylation is 1. The topological polar surface area (TPSA) is 50.9 Å². The van der Waals surface area contributed by atoms with Crippen molar-refractivity contribution in [1.82, 2.24) is 10.4 Å². The zero-order chi connectivity index (χ0) is 14.1. The number of thiophene rings is 1. The zero-order valence-electron chi connectivity index (χ0n) is 10.9. The van der Waals surface area contributed by atoms with Crippen LogP contribution in [0.3, 0.4) is 0 Å². The van der Waals surface area contributed by atoms with Gasteiger partial charge in [-0.05, 0) is 36.6 Å².